The minimum atomic E-state index is -0.147. The lowest BCUT2D eigenvalue weighted by atomic mass is 10.4. The molecule has 6 nitrogen and oxygen atoms in total. The van der Waals surface area contributed by atoms with Gasteiger partial charge in [-0.2, -0.15) is 12.6 Å². The Balaban J connectivity index is 0.000000200. The molecule has 0 N–H and O–H groups in total. The molecule has 20 heavy (non-hydrogen) atoms. The third-order valence-corrected chi connectivity index (χ3v) is 4.13. The molecule has 0 aromatic heterocycles. The fourth-order valence-electron chi connectivity index (χ4n) is 1.83. The molecule has 2 unspecified atom stereocenters. The normalized spacial score (nSPS) is 26.0. The minimum absolute atomic E-state index is 0.00909. The summed E-state index contributed by atoms with van der Waals surface area (Å²) in [6.45, 7) is 6.23. The first-order valence-electron chi connectivity index (χ1n) is 6.71. The summed E-state index contributed by atoms with van der Waals surface area (Å²) in [5.74, 6) is 0.0343. The summed E-state index contributed by atoms with van der Waals surface area (Å²) in [5.41, 5.74) is 0. The molecule has 2 heterocycles. The van der Waals surface area contributed by atoms with Crippen LogP contribution in [0.15, 0.2) is 0 Å². The van der Waals surface area contributed by atoms with Gasteiger partial charge in [0.2, 0.25) is 0 Å². The molecule has 0 spiro atoms. The zero-order chi connectivity index (χ0) is 15.1. The molecule has 2 fully saturated rings. The summed E-state index contributed by atoms with van der Waals surface area (Å²) >= 11 is 7.31. The largest absolute Gasteiger partial charge is 0.271 e. The van der Waals surface area contributed by atoms with Crippen molar-refractivity contribution in [3.05, 3.63) is 0 Å². The van der Waals surface area contributed by atoms with E-state index in [9.17, 15) is 9.59 Å². The van der Waals surface area contributed by atoms with Gasteiger partial charge in [-0.3, -0.25) is 19.3 Å². The number of hydroxylamine groups is 4. The summed E-state index contributed by atoms with van der Waals surface area (Å²) in [5, 5.41) is 2.66. The second-order valence-electron chi connectivity index (χ2n) is 4.28. The molecule has 2 amide bonds. The second-order valence-corrected chi connectivity index (χ2v) is 6.01. The van der Waals surface area contributed by atoms with Crippen molar-refractivity contribution in [3.63, 3.8) is 0 Å². The molecule has 2 rings (SSSR count). The molecule has 2 saturated heterocycles. The first-order valence-corrected chi connectivity index (χ1v) is 8.15. The standard InChI is InChI=1S/C6H10BrNO2.C6H11NO2S/c1-2-10-8-4-3-5(7)6(8)9;1-2-9-7-4-3-5(10)6(7)8/h5H,2-4H2,1H3;5,10H,2-4H2,1H3. The van der Waals surface area contributed by atoms with Gasteiger partial charge in [0.15, 0.2) is 0 Å². The van der Waals surface area contributed by atoms with Crippen molar-refractivity contribution >= 4 is 40.4 Å². The predicted octanol–water partition coefficient (Wildman–Crippen LogP) is 1.40. The highest BCUT2D eigenvalue weighted by atomic mass is 79.9. The van der Waals surface area contributed by atoms with Gasteiger partial charge in [-0.25, -0.2) is 10.1 Å². The van der Waals surface area contributed by atoms with E-state index in [2.05, 4.69) is 28.6 Å². The zero-order valence-electron chi connectivity index (χ0n) is 11.7. The minimum Gasteiger partial charge on any atom is -0.271 e. The van der Waals surface area contributed by atoms with Gasteiger partial charge in [0.25, 0.3) is 11.8 Å². The maximum atomic E-state index is 11.0. The van der Waals surface area contributed by atoms with E-state index < -0.39 is 0 Å². The number of hydrogen-bond acceptors (Lipinski definition) is 5. The fourth-order valence-corrected chi connectivity index (χ4v) is 2.51. The number of hydrogen-bond donors (Lipinski definition) is 1. The van der Waals surface area contributed by atoms with Crippen molar-refractivity contribution in [2.75, 3.05) is 26.3 Å². The third-order valence-electron chi connectivity index (χ3n) is 2.81. The van der Waals surface area contributed by atoms with Crippen molar-refractivity contribution < 1.29 is 19.3 Å². The molecule has 0 aliphatic carbocycles. The van der Waals surface area contributed by atoms with Crippen LogP contribution in [0.1, 0.15) is 26.7 Å². The highest BCUT2D eigenvalue weighted by Gasteiger charge is 2.30. The summed E-state index contributed by atoms with van der Waals surface area (Å²) in [6.07, 6.45) is 1.64. The Morgan fingerprint density at radius 3 is 1.95 bits per heavy atom. The number of halogens is 1. The lowest BCUT2D eigenvalue weighted by Crippen LogP contribution is -2.27. The molecule has 0 radical (unpaired) electrons. The van der Waals surface area contributed by atoms with E-state index in [1.54, 1.807) is 0 Å². The van der Waals surface area contributed by atoms with Gasteiger partial charge < -0.3 is 0 Å². The SMILES string of the molecule is CCON1CCC(Br)C1=O.CCON1CCC(S)C1=O. The van der Waals surface area contributed by atoms with Crippen LogP contribution in [0.5, 0.6) is 0 Å². The van der Waals surface area contributed by atoms with Crippen LogP contribution in [0, 0.1) is 0 Å². The van der Waals surface area contributed by atoms with Crippen LogP contribution >= 0.6 is 28.6 Å². The first kappa shape index (κ1) is 17.7. The van der Waals surface area contributed by atoms with E-state index in [-0.39, 0.29) is 21.9 Å². The van der Waals surface area contributed by atoms with Gasteiger partial charge in [0, 0.05) is 0 Å². The monoisotopic (exact) mass is 368 g/mol. The second kappa shape index (κ2) is 8.86. The van der Waals surface area contributed by atoms with Crippen molar-refractivity contribution in [1.29, 1.82) is 0 Å². The van der Waals surface area contributed by atoms with Crippen molar-refractivity contribution in [3.8, 4) is 0 Å². The number of carbonyl (C=O) groups is 2. The number of rotatable bonds is 4. The molecule has 2 aliphatic heterocycles. The number of carbonyl (C=O) groups excluding carboxylic acids is 2. The first-order chi connectivity index (χ1) is 9.51. The molecule has 0 aromatic rings. The number of amides is 2. The Kier molecular flexibility index (Phi) is 7.86. The molecular weight excluding hydrogens is 348 g/mol. The third kappa shape index (κ3) is 4.91. The Labute approximate surface area is 133 Å². The molecule has 116 valence electrons. The summed E-state index contributed by atoms with van der Waals surface area (Å²) in [6, 6.07) is 0. The average molecular weight is 369 g/mol. The van der Waals surface area contributed by atoms with Crippen molar-refractivity contribution in [1.82, 2.24) is 10.1 Å². The topological polar surface area (TPSA) is 59.1 Å². The van der Waals surface area contributed by atoms with E-state index in [0.29, 0.717) is 26.3 Å². The van der Waals surface area contributed by atoms with Crippen molar-refractivity contribution in [2.45, 2.75) is 36.8 Å². The maximum Gasteiger partial charge on any atom is 0.259 e. The Morgan fingerprint density at radius 1 is 1.10 bits per heavy atom. The van der Waals surface area contributed by atoms with Gasteiger partial charge in [-0.15, -0.1) is 0 Å². The quantitative estimate of drug-likeness (QED) is 0.601. The molecule has 2 atom stereocenters. The maximum absolute atomic E-state index is 11.0. The van der Waals surface area contributed by atoms with E-state index in [4.69, 9.17) is 9.68 Å². The molecule has 2 aliphatic rings. The zero-order valence-corrected chi connectivity index (χ0v) is 14.2. The molecular formula is C12H21BrN2O4S. The Morgan fingerprint density at radius 2 is 1.60 bits per heavy atom. The van der Waals surface area contributed by atoms with E-state index in [1.165, 1.54) is 10.1 Å². The van der Waals surface area contributed by atoms with Gasteiger partial charge in [0.1, 0.15) is 0 Å². The van der Waals surface area contributed by atoms with Crippen LogP contribution in [0.3, 0.4) is 0 Å². The molecule has 0 saturated carbocycles. The molecule has 8 heteroatoms. The smallest absolute Gasteiger partial charge is 0.259 e. The van der Waals surface area contributed by atoms with Gasteiger partial charge >= 0.3 is 0 Å². The van der Waals surface area contributed by atoms with E-state index in [1.807, 2.05) is 13.8 Å². The summed E-state index contributed by atoms with van der Waals surface area (Å²) in [7, 11) is 0. The molecule has 0 aromatic carbocycles. The Hall–Kier alpha value is -0.310. The van der Waals surface area contributed by atoms with Crippen LogP contribution in [-0.4, -0.2) is 58.3 Å². The van der Waals surface area contributed by atoms with Crippen molar-refractivity contribution in [2.24, 2.45) is 0 Å². The van der Waals surface area contributed by atoms with Gasteiger partial charge in [0.05, 0.1) is 36.4 Å². The van der Waals surface area contributed by atoms with Crippen LogP contribution in [0.4, 0.5) is 0 Å². The predicted molar refractivity (Wildman–Crippen MR) is 81.4 cm³/mol. The van der Waals surface area contributed by atoms with Crippen LogP contribution < -0.4 is 0 Å². The van der Waals surface area contributed by atoms with Crippen LogP contribution in [0.2, 0.25) is 0 Å². The number of nitrogens with zero attached hydrogens (tertiary/aromatic N) is 2. The van der Waals surface area contributed by atoms with E-state index in [0.717, 1.165) is 12.8 Å². The van der Waals surface area contributed by atoms with Crippen LogP contribution in [-0.2, 0) is 19.3 Å². The summed E-state index contributed by atoms with van der Waals surface area (Å²) < 4.78 is 0. The van der Waals surface area contributed by atoms with Gasteiger partial charge in [-0.1, -0.05) is 15.9 Å². The number of alkyl halides is 1. The number of thiol groups is 1. The highest BCUT2D eigenvalue weighted by molar-refractivity contribution is 9.10. The Bertz CT molecular complexity index is 309. The summed E-state index contributed by atoms with van der Waals surface area (Å²) in [4.78, 5) is 32.1. The average Bonchev–Trinajstić information content (AvgIpc) is 2.91. The lowest BCUT2D eigenvalue weighted by molar-refractivity contribution is -0.175. The lowest BCUT2D eigenvalue weighted by Gasteiger charge is -2.13. The highest BCUT2D eigenvalue weighted by Crippen LogP contribution is 2.18. The van der Waals surface area contributed by atoms with E-state index >= 15 is 0 Å². The van der Waals surface area contributed by atoms with Gasteiger partial charge in [-0.05, 0) is 26.7 Å². The van der Waals surface area contributed by atoms with Crippen LogP contribution in [0.25, 0.3) is 0 Å². The molecule has 0 bridgehead atoms. The fraction of sp³-hybridized carbons (Fsp3) is 0.833.